The van der Waals surface area contributed by atoms with Gasteiger partial charge in [-0.2, -0.15) is 0 Å². The molecule has 0 saturated carbocycles. The van der Waals surface area contributed by atoms with Gasteiger partial charge >= 0.3 is 6.09 Å². The first-order valence-corrected chi connectivity index (χ1v) is 13.3. The van der Waals surface area contributed by atoms with Crippen LogP contribution < -0.4 is 10.6 Å². The van der Waals surface area contributed by atoms with Crippen molar-refractivity contribution in [2.45, 2.75) is 37.1 Å². The van der Waals surface area contributed by atoms with E-state index in [0.717, 1.165) is 39.0 Å². The molecule has 0 radical (unpaired) electrons. The standard InChI is InChI=1S/C31H33N3O3/c35-29(34-17-14-31(15-18-34)21-32-19-22-7-1-6-12-28(22)31)13-16-33-30(36)37-20-27-25-10-4-2-8-23(25)24-9-3-5-11-26(24)27/h1-12,27,32H,13-21H2,(H,33,36). The van der Waals surface area contributed by atoms with E-state index in [9.17, 15) is 9.59 Å². The molecule has 1 spiro atoms. The highest BCUT2D eigenvalue weighted by molar-refractivity contribution is 5.79. The Kier molecular flexibility index (Phi) is 6.43. The predicted octanol–water partition coefficient (Wildman–Crippen LogP) is 4.58. The molecule has 6 nitrogen and oxygen atoms in total. The van der Waals surface area contributed by atoms with E-state index in [1.807, 2.05) is 29.2 Å². The summed E-state index contributed by atoms with van der Waals surface area (Å²) in [5.74, 6) is 0.116. The normalized spacial score (nSPS) is 17.6. The molecule has 3 aromatic rings. The lowest BCUT2D eigenvalue weighted by Crippen LogP contribution is -2.52. The molecule has 1 aliphatic carbocycles. The lowest BCUT2D eigenvalue weighted by atomic mass is 9.69. The maximum atomic E-state index is 12.9. The van der Waals surface area contributed by atoms with Gasteiger partial charge in [0.2, 0.25) is 5.91 Å². The SMILES string of the molecule is O=C(NCCC(=O)N1CCC2(CC1)CNCc1ccccc12)OCC1c2ccccc2-c2ccccc21. The van der Waals surface area contributed by atoms with Crippen molar-refractivity contribution in [1.29, 1.82) is 0 Å². The van der Waals surface area contributed by atoms with Crippen molar-refractivity contribution in [1.82, 2.24) is 15.5 Å². The quantitative estimate of drug-likeness (QED) is 0.544. The van der Waals surface area contributed by atoms with Crippen LogP contribution in [0.3, 0.4) is 0 Å². The third-order valence-electron chi connectivity index (χ3n) is 8.39. The largest absolute Gasteiger partial charge is 0.449 e. The van der Waals surface area contributed by atoms with Crippen LogP contribution in [0.1, 0.15) is 47.4 Å². The highest BCUT2D eigenvalue weighted by atomic mass is 16.5. The second-order valence-corrected chi connectivity index (χ2v) is 10.4. The number of amides is 2. The molecule has 0 aromatic heterocycles. The number of piperidine rings is 1. The topological polar surface area (TPSA) is 70.7 Å². The zero-order valence-corrected chi connectivity index (χ0v) is 21.0. The molecule has 1 saturated heterocycles. The average Bonchev–Trinajstić information content (AvgIpc) is 3.26. The highest BCUT2D eigenvalue weighted by Gasteiger charge is 2.40. The van der Waals surface area contributed by atoms with Crippen LogP contribution >= 0.6 is 0 Å². The van der Waals surface area contributed by atoms with Crippen molar-refractivity contribution in [3.8, 4) is 11.1 Å². The number of carbonyl (C=O) groups excluding carboxylic acids is 2. The minimum Gasteiger partial charge on any atom is -0.449 e. The van der Waals surface area contributed by atoms with Gasteiger partial charge in [0, 0.05) is 50.5 Å². The van der Waals surface area contributed by atoms with Crippen molar-refractivity contribution in [3.63, 3.8) is 0 Å². The Balaban J connectivity index is 0.976. The van der Waals surface area contributed by atoms with Crippen LogP contribution in [0.2, 0.25) is 0 Å². The van der Waals surface area contributed by atoms with Crippen molar-refractivity contribution in [2.24, 2.45) is 0 Å². The van der Waals surface area contributed by atoms with E-state index >= 15 is 0 Å². The zero-order chi connectivity index (χ0) is 25.2. The monoisotopic (exact) mass is 495 g/mol. The first-order chi connectivity index (χ1) is 18.1. The molecular formula is C31H33N3O3. The number of nitrogens with zero attached hydrogens (tertiary/aromatic N) is 1. The number of nitrogens with one attached hydrogen (secondary N) is 2. The van der Waals surface area contributed by atoms with Crippen LogP contribution in [0.4, 0.5) is 4.79 Å². The Hall–Kier alpha value is -3.64. The van der Waals surface area contributed by atoms with Gasteiger partial charge in [-0.05, 0) is 46.2 Å². The number of hydrogen-bond acceptors (Lipinski definition) is 4. The first-order valence-electron chi connectivity index (χ1n) is 13.3. The lowest BCUT2D eigenvalue weighted by Gasteiger charge is -2.45. The zero-order valence-electron chi connectivity index (χ0n) is 21.0. The van der Waals surface area contributed by atoms with Crippen molar-refractivity contribution in [2.75, 3.05) is 32.8 Å². The first kappa shape index (κ1) is 23.7. The number of fused-ring (bicyclic) bond motifs is 5. The molecule has 0 unspecified atom stereocenters. The van der Waals surface area contributed by atoms with Crippen LogP contribution in [0.15, 0.2) is 72.8 Å². The van der Waals surface area contributed by atoms with Gasteiger partial charge in [-0.1, -0.05) is 72.8 Å². The summed E-state index contributed by atoms with van der Waals surface area (Å²) in [6, 6.07) is 25.2. The minimum absolute atomic E-state index is 0.0276. The van der Waals surface area contributed by atoms with Gasteiger partial charge in [0.1, 0.15) is 6.61 Å². The Morgan fingerprint density at radius 1 is 0.919 bits per heavy atom. The van der Waals surface area contributed by atoms with Gasteiger partial charge in [-0.3, -0.25) is 4.79 Å². The molecular weight excluding hydrogens is 462 g/mol. The van der Waals surface area contributed by atoms with Gasteiger partial charge < -0.3 is 20.3 Å². The summed E-state index contributed by atoms with van der Waals surface area (Å²) >= 11 is 0. The Morgan fingerprint density at radius 2 is 1.57 bits per heavy atom. The lowest BCUT2D eigenvalue weighted by molar-refractivity contribution is -0.132. The fourth-order valence-electron chi connectivity index (χ4n) is 6.43. The van der Waals surface area contributed by atoms with E-state index < -0.39 is 6.09 Å². The second-order valence-electron chi connectivity index (χ2n) is 10.4. The van der Waals surface area contributed by atoms with E-state index in [2.05, 4.69) is 59.2 Å². The number of carbonyl (C=O) groups is 2. The fourth-order valence-corrected chi connectivity index (χ4v) is 6.43. The fraction of sp³-hybridized carbons (Fsp3) is 0.355. The van der Waals surface area contributed by atoms with E-state index in [1.165, 1.54) is 33.4 Å². The summed E-state index contributed by atoms with van der Waals surface area (Å²) in [5.41, 5.74) is 7.71. The third-order valence-corrected chi connectivity index (χ3v) is 8.39. The summed E-state index contributed by atoms with van der Waals surface area (Å²) in [6.07, 6.45) is 1.73. The molecule has 2 aliphatic heterocycles. The van der Waals surface area contributed by atoms with Crippen molar-refractivity contribution in [3.05, 3.63) is 95.1 Å². The summed E-state index contributed by atoms with van der Waals surface area (Å²) in [5, 5.41) is 6.35. The molecule has 6 heteroatoms. The van der Waals surface area contributed by atoms with Crippen LogP contribution in [-0.2, 0) is 21.5 Å². The van der Waals surface area contributed by atoms with E-state index in [0.29, 0.717) is 0 Å². The molecule has 2 N–H and O–H groups in total. The third kappa shape index (κ3) is 4.51. The molecule has 6 rings (SSSR count). The number of likely N-dealkylation sites (tertiary alicyclic amines) is 1. The molecule has 2 amide bonds. The molecule has 0 atom stereocenters. The molecule has 37 heavy (non-hydrogen) atoms. The number of ether oxygens (including phenoxy) is 1. The van der Waals surface area contributed by atoms with Gasteiger partial charge in [0.25, 0.3) is 0 Å². The van der Waals surface area contributed by atoms with Crippen molar-refractivity contribution < 1.29 is 14.3 Å². The van der Waals surface area contributed by atoms with Crippen LogP contribution in [-0.4, -0.2) is 49.7 Å². The predicted molar refractivity (Wildman–Crippen MR) is 143 cm³/mol. The van der Waals surface area contributed by atoms with Gasteiger partial charge in [-0.25, -0.2) is 4.79 Å². The summed E-state index contributed by atoms with van der Waals surface area (Å²) in [7, 11) is 0. The number of hydrogen-bond donors (Lipinski definition) is 2. The molecule has 190 valence electrons. The smallest absolute Gasteiger partial charge is 0.407 e. The Morgan fingerprint density at radius 3 is 2.30 bits per heavy atom. The highest BCUT2D eigenvalue weighted by Crippen LogP contribution is 2.44. The van der Waals surface area contributed by atoms with Gasteiger partial charge in [0.05, 0.1) is 0 Å². The Bertz CT molecular complexity index is 1270. The number of rotatable bonds is 5. The molecule has 0 bridgehead atoms. The van der Waals surface area contributed by atoms with Crippen molar-refractivity contribution >= 4 is 12.0 Å². The summed E-state index contributed by atoms with van der Waals surface area (Å²) in [6.45, 7) is 3.94. The number of benzene rings is 3. The molecule has 1 fully saturated rings. The van der Waals surface area contributed by atoms with E-state index in [1.54, 1.807) is 0 Å². The molecule has 3 aliphatic rings. The molecule has 2 heterocycles. The van der Waals surface area contributed by atoms with Crippen LogP contribution in [0.25, 0.3) is 11.1 Å². The summed E-state index contributed by atoms with van der Waals surface area (Å²) < 4.78 is 5.59. The van der Waals surface area contributed by atoms with Gasteiger partial charge in [-0.15, -0.1) is 0 Å². The summed E-state index contributed by atoms with van der Waals surface area (Å²) in [4.78, 5) is 27.2. The van der Waals surface area contributed by atoms with Crippen LogP contribution in [0, 0.1) is 0 Å². The molecule has 3 aromatic carbocycles. The van der Waals surface area contributed by atoms with Gasteiger partial charge in [0.15, 0.2) is 0 Å². The second kappa shape index (κ2) is 10.0. The average molecular weight is 496 g/mol. The minimum atomic E-state index is -0.475. The van der Waals surface area contributed by atoms with Crippen LogP contribution in [0.5, 0.6) is 0 Å². The maximum Gasteiger partial charge on any atom is 0.407 e. The Labute approximate surface area is 218 Å². The van der Waals surface area contributed by atoms with E-state index in [-0.39, 0.29) is 36.8 Å². The van der Waals surface area contributed by atoms with E-state index in [4.69, 9.17) is 4.74 Å². The number of alkyl carbamates (subject to hydrolysis) is 1. The maximum absolute atomic E-state index is 12.9.